The van der Waals surface area contributed by atoms with Crippen molar-refractivity contribution >= 4 is 23.4 Å². The lowest BCUT2D eigenvalue weighted by Crippen LogP contribution is -2.44. The summed E-state index contributed by atoms with van der Waals surface area (Å²) < 4.78 is 10.8. The zero-order valence-corrected chi connectivity index (χ0v) is 16.2. The van der Waals surface area contributed by atoms with Crippen molar-refractivity contribution in [1.29, 1.82) is 0 Å². The Kier molecular flexibility index (Phi) is 5.44. The van der Waals surface area contributed by atoms with E-state index in [-0.39, 0.29) is 23.1 Å². The summed E-state index contributed by atoms with van der Waals surface area (Å²) in [5.74, 6) is 0.193. The van der Waals surface area contributed by atoms with Gasteiger partial charge in [0.05, 0.1) is 18.6 Å². The van der Waals surface area contributed by atoms with E-state index in [0.29, 0.717) is 42.6 Å². The second-order valence-corrected chi connectivity index (χ2v) is 7.73. The van der Waals surface area contributed by atoms with Crippen LogP contribution in [0.3, 0.4) is 0 Å². The zero-order valence-electron chi connectivity index (χ0n) is 15.5. The van der Waals surface area contributed by atoms with Crippen LogP contribution in [0, 0.1) is 11.3 Å². The van der Waals surface area contributed by atoms with E-state index in [0.717, 1.165) is 12.8 Å². The number of amides is 2. The van der Waals surface area contributed by atoms with Crippen molar-refractivity contribution in [1.82, 2.24) is 9.80 Å². The second-order valence-electron chi connectivity index (χ2n) is 7.29. The molecule has 0 saturated carbocycles. The predicted octanol–water partition coefficient (Wildman–Crippen LogP) is 2.31. The van der Waals surface area contributed by atoms with Crippen LogP contribution < -0.4 is 4.74 Å². The molecular formula is C19H25ClN2O4. The first-order valence-corrected chi connectivity index (χ1v) is 9.17. The quantitative estimate of drug-likeness (QED) is 0.807. The van der Waals surface area contributed by atoms with Gasteiger partial charge in [0.15, 0.2) is 0 Å². The summed E-state index contributed by atoms with van der Waals surface area (Å²) in [6.07, 6.45) is 1.58. The minimum atomic E-state index is -0.213. The van der Waals surface area contributed by atoms with E-state index in [2.05, 4.69) is 0 Å². The fourth-order valence-electron chi connectivity index (χ4n) is 4.07. The number of methoxy groups -OCH3 is 1. The molecule has 0 bridgehead atoms. The van der Waals surface area contributed by atoms with Gasteiger partial charge in [-0.1, -0.05) is 11.6 Å². The van der Waals surface area contributed by atoms with Crippen LogP contribution in [0.4, 0.5) is 0 Å². The van der Waals surface area contributed by atoms with E-state index in [1.54, 1.807) is 42.1 Å². The SMILES string of the molecule is COc1cc(Cl)ccc1C(=O)N1CC(C(=O)N(C)C)C2(CCOCC2)C1. The standard InChI is InChI=1S/C19H25ClN2O4/c1-21(2)18(24)15-11-22(12-19(15)6-8-26-9-7-19)17(23)14-5-4-13(20)10-16(14)25-3/h4-5,10,15H,6-9,11-12H2,1-3H3. The van der Waals surface area contributed by atoms with Crippen LogP contribution in [-0.2, 0) is 9.53 Å². The van der Waals surface area contributed by atoms with Gasteiger partial charge in [-0.2, -0.15) is 0 Å². The molecule has 2 saturated heterocycles. The van der Waals surface area contributed by atoms with Gasteiger partial charge in [0.1, 0.15) is 5.75 Å². The minimum absolute atomic E-state index is 0.0743. The highest BCUT2D eigenvalue weighted by Crippen LogP contribution is 2.45. The molecule has 1 aromatic rings. The van der Waals surface area contributed by atoms with Crippen LogP contribution in [0.15, 0.2) is 18.2 Å². The van der Waals surface area contributed by atoms with E-state index in [4.69, 9.17) is 21.1 Å². The fourth-order valence-corrected chi connectivity index (χ4v) is 4.23. The van der Waals surface area contributed by atoms with Gasteiger partial charge in [0.2, 0.25) is 5.91 Å². The highest BCUT2D eigenvalue weighted by molar-refractivity contribution is 6.30. The Balaban J connectivity index is 1.89. The van der Waals surface area contributed by atoms with Crippen LogP contribution in [-0.4, -0.2) is 69.1 Å². The molecule has 3 rings (SSSR count). The molecule has 1 unspecified atom stereocenters. The molecule has 1 atom stereocenters. The Hall–Kier alpha value is -1.79. The molecule has 0 N–H and O–H groups in total. The van der Waals surface area contributed by atoms with Crippen molar-refractivity contribution < 1.29 is 19.1 Å². The lowest BCUT2D eigenvalue weighted by molar-refractivity contribution is -0.138. The number of carbonyl (C=O) groups excluding carboxylic acids is 2. The zero-order chi connectivity index (χ0) is 18.9. The molecule has 0 aliphatic carbocycles. The van der Waals surface area contributed by atoms with E-state index >= 15 is 0 Å². The number of rotatable bonds is 3. The molecule has 0 radical (unpaired) electrons. The monoisotopic (exact) mass is 380 g/mol. The fraction of sp³-hybridized carbons (Fsp3) is 0.579. The topological polar surface area (TPSA) is 59.1 Å². The van der Waals surface area contributed by atoms with Gasteiger partial charge in [0, 0.05) is 50.8 Å². The van der Waals surface area contributed by atoms with Crippen molar-refractivity contribution in [2.45, 2.75) is 12.8 Å². The van der Waals surface area contributed by atoms with Crippen LogP contribution in [0.25, 0.3) is 0 Å². The molecule has 1 aromatic carbocycles. The van der Waals surface area contributed by atoms with Gasteiger partial charge in [-0.25, -0.2) is 0 Å². The molecule has 2 fully saturated rings. The number of hydrogen-bond donors (Lipinski definition) is 0. The molecule has 142 valence electrons. The van der Waals surface area contributed by atoms with E-state index in [1.165, 1.54) is 7.11 Å². The minimum Gasteiger partial charge on any atom is -0.496 e. The van der Waals surface area contributed by atoms with Crippen molar-refractivity contribution in [2.24, 2.45) is 11.3 Å². The van der Waals surface area contributed by atoms with Crippen molar-refractivity contribution in [3.8, 4) is 5.75 Å². The third-order valence-corrected chi connectivity index (χ3v) is 5.79. The Bertz CT molecular complexity index is 701. The molecular weight excluding hydrogens is 356 g/mol. The van der Waals surface area contributed by atoms with E-state index in [1.807, 2.05) is 0 Å². The summed E-state index contributed by atoms with van der Waals surface area (Å²) in [6, 6.07) is 5.00. The molecule has 1 spiro atoms. The first-order chi connectivity index (χ1) is 12.4. The normalized spacial score (nSPS) is 21.7. The molecule has 2 amide bonds. The molecule has 2 heterocycles. The van der Waals surface area contributed by atoms with E-state index in [9.17, 15) is 9.59 Å². The van der Waals surface area contributed by atoms with Crippen LogP contribution in [0.2, 0.25) is 5.02 Å². The maximum absolute atomic E-state index is 13.1. The summed E-state index contributed by atoms with van der Waals surface area (Å²) >= 11 is 6.01. The van der Waals surface area contributed by atoms with Crippen LogP contribution in [0.5, 0.6) is 5.75 Å². The number of likely N-dealkylation sites (tertiary alicyclic amines) is 1. The Morgan fingerprint density at radius 2 is 2.00 bits per heavy atom. The summed E-state index contributed by atoms with van der Waals surface area (Å²) in [6.45, 7) is 2.24. The number of halogens is 1. The lowest BCUT2D eigenvalue weighted by Gasteiger charge is -2.37. The van der Waals surface area contributed by atoms with Gasteiger partial charge in [-0.05, 0) is 31.0 Å². The smallest absolute Gasteiger partial charge is 0.257 e. The summed E-state index contributed by atoms with van der Waals surface area (Å²) in [5.41, 5.74) is 0.256. The first-order valence-electron chi connectivity index (χ1n) is 8.80. The summed E-state index contributed by atoms with van der Waals surface area (Å²) in [5, 5.41) is 0.515. The Morgan fingerprint density at radius 3 is 2.62 bits per heavy atom. The van der Waals surface area contributed by atoms with Crippen molar-refractivity contribution in [3.05, 3.63) is 28.8 Å². The number of carbonyl (C=O) groups is 2. The van der Waals surface area contributed by atoms with E-state index < -0.39 is 0 Å². The third kappa shape index (κ3) is 3.40. The number of hydrogen-bond acceptors (Lipinski definition) is 4. The van der Waals surface area contributed by atoms with Gasteiger partial charge in [0.25, 0.3) is 5.91 Å². The summed E-state index contributed by atoms with van der Waals surface area (Å²) in [4.78, 5) is 29.3. The summed E-state index contributed by atoms with van der Waals surface area (Å²) in [7, 11) is 5.05. The van der Waals surface area contributed by atoms with Gasteiger partial charge in [-0.15, -0.1) is 0 Å². The largest absolute Gasteiger partial charge is 0.496 e. The van der Waals surface area contributed by atoms with Crippen LogP contribution >= 0.6 is 11.6 Å². The Labute approximate surface area is 159 Å². The predicted molar refractivity (Wildman–Crippen MR) is 98.6 cm³/mol. The average molecular weight is 381 g/mol. The van der Waals surface area contributed by atoms with Gasteiger partial charge in [-0.3, -0.25) is 9.59 Å². The molecule has 6 nitrogen and oxygen atoms in total. The number of benzene rings is 1. The van der Waals surface area contributed by atoms with Crippen molar-refractivity contribution in [2.75, 3.05) is 47.5 Å². The molecule has 2 aliphatic rings. The Morgan fingerprint density at radius 1 is 1.31 bits per heavy atom. The molecule has 2 aliphatic heterocycles. The lowest BCUT2D eigenvalue weighted by atomic mass is 9.71. The highest BCUT2D eigenvalue weighted by Gasteiger charge is 2.52. The van der Waals surface area contributed by atoms with Gasteiger partial charge >= 0.3 is 0 Å². The third-order valence-electron chi connectivity index (χ3n) is 5.56. The highest BCUT2D eigenvalue weighted by atomic mass is 35.5. The number of nitrogens with zero attached hydrogens (tertiary/aromatic N) is 2. The maximum Gasteiger partial charge on any atom is 0.257 e. The first kappa shape index (κ1) is 19.0. The number of ether oxygens (including phenoxy) is 2. The molecule has 0 aromatic heterocycles. The van der Waals surface area contributed by atoms with Gasteiger partial charge < -0.3 is 19.3 Å². The van der Waals surface area contributed by atoms with Crippen LogP contribution in [0.1, 0.15) is 23.2 Å². The average Bonchev–Trinajstić information content (AvgIpc) is 2.99. The second kappa shape index (κ2) is 7.45. The molecule has 7 heteroatoms. The maximum atomic E-state index is 13.1. The molecule has 26 heavy (non-hydrogen) atoms. The van der Waals surface area contributed by atoms with Crippen molar-refractivity contribution in [3.63, 3.8) is 0 Å².